The highest BCUT2D eigenvalue weighted by atomic mass is 16.6. The molecule has 0 spiro atoms. The fraction of sp³-hybridized carbons (Fsp3) is 0.222. The van der Waals surface area contributed by atoms with Crippen molar-refractivity contribution in [3.8, 4) is 0 Å². The maximum atomic E-state index is 12.1. The van der Waals surface area contributed by atoms with Crippen LogP contribution >= 0.6 is 0 Å². The van der Waals surface area contributed by atoms with E-state index in [0.29, 0.717) is 5.69 Å². The SMILES string of the molecule is CC(C)c1ccccc1NC(=O)COC(=O)c1cc([N+](=O)[O-])ccc1N. The van der Waals surface area contributed by atoms with Crippen LogP contribution in [-0.2, 0) is 9.53 Å². The maximum Gasteiger partial charge on any atom is 0.341 e. The van der Waals surface area contributed by atoms with E-state index in [1.807, 2.05) is 26.0 Å². The lowest BCUT2D eigenvalue weighted by atomic mass is 10.0. The minimum Gasteiger partial charge on any atom is -0.452 e. The van der Waals surface area contributed by atoms with E-state index in [4.69, 9.17) is 10.5 Å². The second-order valence-corrected chi connectivity index (χ2v) is 5.89. The maximum absolute atomic E-state index is 12.1. The zero-order valence-corrected chi connectivity index (χ0v) is 14.4. The monoisotopic (exact) mass is 357 g/mol. The molecule has 26 heavy (non-hydrogen) atoms. The van der Waals surface area contributed by atoms with Crippen molar-refractivity contribution in [1.82, 2.24) is 0 Å². The third-order valence-corrected chi connectivity index (χ3v) is 3.66. The molecule has 0 atom stereocenters. The van der Waals surface area contributed by atoms with Gasteiger partial charge in [0.15, 0.2) is 6.61 Å². The number of esters is 1. The number of hydrogen-bond donors (Lipinski definition) is 2. The fourth-order valence-electron chi connectivity index (χ4n) is 2.34. The van der Waals surface area contributed by atoms with E-state index in [1.165, 1.54) is 12.1 Å². The molecule has 0 heterocycles. The number of nitrogen functional groups attached to an aromatic ring is 1. The van der Waals surface area contributed by atoms with Crippen molar-refractivity contribution >= 4 is 28.9 Å². The lowest BCUT2D eigenvalue weighted by Crippen LogP contribution is -2.22. The van der Waals surface area contributed by atoms with E-state index in [-0.39, 0.29) is 22.9 Å². The number of amides is 1. The van der Waals surface area contributed by atoms with Gasteiger partial charge in [0, 0.05) is 23.5 Å². The standard InChI is InChI=1S/C18H19N3O5/c1-11(2)13-5-3-4-6-16(13)20-17(22)10-26-18(23)14-9-12(21(24)25)7-8-15(14)19/h3-9,11H,10,19H2,1-2H3,(H,20,22). The number of rotatable bonds is 6. The summed E-state index contributed by atoms with van der Waals surface area (Å²) in [5.41, 5.74) is 6.83. The first kappa shape index (κ1) is 18.9. The summed E-state index contributed by atoms with van der Waals surface area (Å²) >= 11 is 0. The molecule has 136 valence electrons. The zero-order chi connectivity index (χ0) is 19.3. The first-order chi connectivity index (χ1) is 12.3. The molecule has 0 unspecified atom stereocenters. The number of carbonyl (C=O) groups is 2. The lowest BCUT2D eigenvalue weighted by Gasteiger charge is -2.13. The first-order valence-electron chi connectivity index (χ1n) is 7.89. The summed E-state index contributed by atoms with van der Waals surface area (Å²) in [6, 6.07) is 10.8. The van der Waals surface area contributed by atoms with E-state index in [2.05, 4.69) is 5.32 Å². The van der Waals surface area contributed by atoms with Gasteiger partial charge in [0.1, 0.15) is 0 Å². The lowest BCUT2D eigenvalue weighted by molar-refractivity contribution is -0.384. The second-order valence-electron chi connectivity index (χ2n) is 5.89. The van der Waals surface area contributed by atoms with Gasteiger partial charge in [-0.25, -0.2) is 4.79 Å². The van der Waals surface area contributed by atoms with Gasteiger partial charge in [-0.1, -0.05) is 32.0 Å². The summed E-state index contributed by atoms with van der Waals surface area (Å²) in [6.45, 7) is 3.46. The molecule has 0 aliphatic carbocycles. The molecule has 0 aromatic heterocycles. The second kappa shape index (κ2) is 8.11. The summed E-state index contributed by atoms with van der Waals surface area (Å²) in [4.78, 5) is 34.3. The third-order valence-electron chi connectivity index (χ3n) is 3.66. The van der Waals surface area contributed by atoms with Gasteiger partial charge in [-0.15, -0.1) is 0 Å². The van der Waals surface area contributed by atoms with Crippen LogP contribution in [-0.4, -0.2) is 23.4 Å². The molecule has 0 radical (unpaired) electrons. The number of anilines is 2. The Labute approximate surface area is 150 Å². The van der Waals surface area contributed by atoms with Crippen LogP contribution in [0.3, 0.4) is 0 Å². The summed E-state index contributed by atoms with van der Waals surface area (Å²) in [6.07, 6.45) is 0. The van der Waals surface area contributed by atoms with Gasteiger partial charge in [-0.05, 0) is 23.6 Å². The van der Waals surface area contributed by atoms with E-state index >= 15 is 0 Å². The summed E-state index contributed by atoms with van der Waals surface area (Å²) < 4.78 is 4.92. The predicted molar refractivity (Wildman–Crippen MR) is 97.0 cm³/mol. The zero-order valence-electron chi connectivity index (χ0n) is 14.4. The molecule has 8 heteroatoms. The number of hydrogen-bond acceptors (Lipinski definition) is 6. The topological polar surface area (TPSA) is 125 Å². The summed E-state index contributed by atoms with van der Waals surface area (Å²) in [5, 5.41) is 13.5. The van der Waals surface area contributed by atoms with Gasteiger partial charge in [0.25, 0.3) is 11.6 Å². The first-order valence-corrected chi connectivity index (χ1v) is 7.89. The van der Waals surface area contributed by atoms with Gasteiger partial charge in [-0.3, -0.25) is 14.9 Å². The number of non-ortho nitro benzene ring substituents is 1. The van der Waals surface area contributed by atoms with E-state index in [0.717, 1.165) is 11.6 Å². The van der Waals surface area contributed by atoms with Crippen molar-refractivity contribution in [1.29, 1.82) is 0 Å². The van der Waals surface area contributed by atoms with Gasteiger partial charge >= 0.3 is 5.97 Å². The molecule has 0 bridgehead atoms. The smallest absolute Gasteiger partial charge is 0.341 e. The van der Waals surface area contributed by atoms with Crippen molar-refractivity contribution in [3.63, 3.8) is 0 Å². The minimum absolute atomic E-state index is 0.0335. The minimum atomic E-state index is -0.904. The quantitative estimate of drug-likeness (QED) is 0.354. The molecule has 2 rings (SSSR count). The molecule has 0 saturated heterocycles. The van der Waals surface area contributed by atoms with Crippen LogP contribution in [0.2, 0.25) is 0 Å². The highest BCUT2D eigenvalue weighted by Gasteiger charge is 2.18. The molecular formula is C18H19N3O5. The van der Waals surface area contributed by atoms with Crippen molar-refractivity contribution in [2.24, 2.45) is 0 Å². The molecule has 2 aromatic carbocycles. The van der Waals surface area contributed by atoms with Crippen LogP contribution in [0.4, 0.5) is 17.1 Å². The van der Waals surface area contributed by atoms with Gasteiger partial charge < -0.3 is 15.8 Å². The molecule has 0 fully saturated rings. The Balaban J connectivity index is 2.03. The molecule has 1 amide bonds. The van der Waals surface area contributed by atoms with Gasteiger partial charge in [0.2, 0.25) is 0 Å². The van der Waals surface area contributed by atoms with Crippen LogP contribution in [0.5, 0.6) is 0 Å². The van der Waals surface area contributed by atoms with Crippen molar-refractivity contribution in [2.75, 3.05) is 17.7 Å². The van der Waals surface area contributed by atoms with Gasteiger partial charge in [0.05, 0.1) is 10.5 Å². The average molecular weight is 357 g/mol. The van der Waals surface area contributed by atoms with Crippen LogP contribution in [0.1, 0.15) is 35.7 Å². The molecule has 0 saturated carbocycles. The molecule has 3 N–H and O–H groups in total. The fourth-order valence-corrected chi connectivity index (χ4v) is 2.34. The van der Waals surface area contributed by atoms with Crippen LogP contribution < -0.4 is 11.1 Å². The Kier molecular flexibility index (Phi) is 5.90. The van der Waals surface area contributed by atoms with Crippen LogP contribution in [0, 0.1) is 10.1 Å². The van der Waals surface area contributed by atoms with E-state index in [1.54, 1.807) is 12.1 Å². The third kappa shape index (κ3) is 4.56. The highest BCUT2D eigenvalue weighted by Crippen LogP contribution is 2.24. The summed E-state index contributed by atoms with van der Waals surface area (Å²) in [7, 11) is 0. The van der Waals surface area contributed by atoms with E-state index < -0.39 is 23.4 Å². The Morgan fingerprint density at radius 3 is 2.58 bits per heavy atom. The molecule has 0 aliphatic heterocycles. The van der Waals surface area contributed by atoms with Crippen molar-refractivity contribution < 1.29 is 19.2 Å². The van der Waals surface area contributed by atoms with Crippen molar-refractivity contribution in [2.45, 2.75) is 19.8 Å². The molecule has 8 nitrogen and oxygen atoms in total. The number of nitro groups is 1. The number of benzene rings is 2. The normalized spacial score (nSPS) is 10.4. The van der Waals surface area contributed by atoms with Gasteiger partial charge in [-0.2, -0.15) is 0 Å². The Morgan fingerprint density at radius 2 is 1.92 bits per heavy atom. The molecular weight excluding hydrogens is 338 g/mol. The Bertz CT molecular complexity index is 848. The number of para-hydroxylation sites is 1. The largest absolute Gasteiger partial charge is 0.452 e. The molecule has 2 aromatic rings. The number of nitrogens with two attached hydrogens (primary N) is 1. The van der Waals surface area contributed by atoms with E-state index in [9.17, 15) is 19.7 Å². The number of carbonyl (C=O) groups excluding carboxylic acids is 2. The number of ether oxygens (including phenoxy) is 1. The summed E-state index contributed by atoms with van der Waals surface area (Å²) in [5.74, 6) is -1.22. The van der Waals surface area contributed by atoms with Crippen LogP contribution in [0.15, 0.2) is 42.5 Å². The highest BCUT2D eigenvalue weighted by molar-refractivity contribution is 5.98. The number of nitro benzene ring substituents is 1. The predicted octanol–water partition coefficient (Wildman–Crippen LogP) is 3.10. The number of nitrogens with zero attached hydrogens (tertiary/aromatic N) is 1. The van der Waals surface area contributed by atoms with Crippen molar-refractivity contribution in [3.05, 3.63) is 63.7 Å². The Hall–Kier alpha value is -3.42. The average Bonchev–Trinajstić information content (AvgIpc) is 2.60. The number of nitrogens with one attached hydrogen (secondary N) is 1. The molecule has 0 aliphatic rings. The van der Waals surface area contributed by atoms with Crippen LogP contribution in [0.25, 0.3) is 0 Å². The Morgan fingerprint density at radius 1 is 1.23 bits per heavy atom.